The molecule has 2 amide bonds. The number of hydrogen-bond acceptors (Lipinski definition) is 3. The lowest BCUT2D eigenvalue weighted by Gasteiger charge is -2.34. The first-order valence-corrected chi connectivity index (χ1v) is 7.21. The lowest BCUT2D eigenvalue weighted by Crippen LogP contribution is -2.50. The first kappa shape index (κ1) is 17.1. The Morgan fingerprint density at radius 1 is 1.13 bits per heavy atom. The minimum absolute atomic E-state index is 0.00981. The number of rotatable bonds is 2. The number of piperazine rings is 1. The summed E-state index contributed by atoms with van der Waals surface area (Å²) in [5.74, 6) is -0.473. The average molecular weight is 330 g/mol. The molecule has 1 aromatic carbocycles. The zero-order valence-electron chi connectivity index (χ0n) is 12.6. The topological polar surface area (TPSA) is 49.9 Å². The van der Waals surface area contributed by atoms with Crippen molar-refractivity contribution in [2.24, 2.45) is 0 Å². The molecule has 1 aliphatic heterocycles. The molecule has 1 heterocycles. The third kappa shape index (κ3) is 4.14. The second kappa shape index (κ2) is 6.89. The predicted octanol–water partition coefficient (Wildman–Crippen LogP) is 2.62. The van der Waals surface area contributed by atoms with Crippen molar-refractivity contribution in [1.82, 2.24) is 9.80 Å². The molecule has 0 saturated carbocycles. The van der Waals surface area contributed by atoms with E-state index in [0.29, 0.717) is 13.1 Å². The summed E-state index contributed by atoms with van der Waals surface area (Å²) < 4.78 is 43.0. The Morgan fingerprint density at radius 2 is 1.74 bits per heavy atom. The summed E-state index contributed by atoms with van der Waals surface area (Å²) in [6, 6.07) is 4.34. The number of alkyl halides is 3. The van der Waals surface area contributed by atoms with Gasteiger partial charge in [-0.25, -0.2) is 4.79 Å². The maximum atomic E-state index is 12.7. The smallest absolute Gasteiger partial charge is 0.416 e. The van der Waals surface area contributed by atoms with E-state index in [1.807, 2.05) is 0 Å². The zero-order chi connectivity index (χ0) is 17.0. The standard InChI is InChI=1S/C15H17F3N2O3/c1-2-23-14(22)20-8-6-19(7-9-20)13(21)11-4-3-5-12(10-11)15(16,17)18/h3-5,10H,2,6-9H2,1H3. The number of hydrogen-bond donors (Lipinski definition) is 0. The van der Waals surface area contributed by atoms with Crippen molar-refractivity contribution >= 4 is 12.0 Å². The van der Waals surface area contributed by atoms with E-state index < -0.39 is 23.7 Å². The van der Waals surface area contributed by atoms with Crippen LogP contribution in [0.15, 0.2) is 24.3 Å². The van der Waals surface area contributed by atoms with Gasteiger partial charge in [0.1, 0.15) is 0 Å². The lowest BCUT2D eigenvalue weighted by molar-refractivity contribution is -0.137. The molecule has 0 atom stereocenters. The van der Waals surface area contributed by atoms with Crippen LogP contribution < -0.4 is 0 Å². The molecule has 23 heavy (non-hydrogen) atoms. The van der Waals surface area contributed by atoms with Crippen LogP contribution in [0.5, 0.6) is 0 Å². The van der Waals surface area contributed by atoms with Crippen LogP contribution in [-0.4, -0.2) is 54.6 Å². The predicted molar refractivity (Wildman–Crippen MR) is 75.9 cm³/mol. The van der Waals surface area contributed by atoms with Crippen LogP contribution in [0, 0.1) is 0 Å². The van der Waals surface area contributed by atoms with Gasteiger partial charge in [0, 0.05) is 31.7 Å². The molecule has 0 radical (unpaired) electrons. The van der Waals surface area contributed by atoms with E-state index in [1.165, 1.54) is 21.9 Å². The highest BCUT2D eigenvalue weighted by Gasteiger charge is 2.32. The summed E-state index contributed by atoms with van der Waals surface area (Å²) in [7, 11) is 0. The molecule has 0 aliphatic carbocycles. The van der Waals surface area contributed by atoms with E-state index in [2.05, 4.69) is 0 Å². The quantitative estimate of drug-likeness (QED) is 0.837. The third-order valence-corrected chi connectivity index (χ3v) is 3.53. The summed E-state index contributed by atoms with van der Waals surface area (Å²) >= 11 is 0. The molecule has 1 fully saturated rings. The molecule has 1 saturated heterocycles. The molecule has 0 unspecified atom stereocenters. The largest absolute Gasteiger partial charge is 0.450 e. The normalized spacial score (nSPS) is 15.5. The van der Waals surface area contributed by atoms with Crippen molar-refractivity contribution in [3.8, 4) is 0 Å². The average Bonchev–Trinajstić information content (AvgIpc) is 2.54. The third-order valence-electron chi connectivity index (χ3n) is 3.53. The van der Waals surface area contributed by atoms with Crippen LogP contribution in [0.25, 0.3) is 0 Å². The summed E-state index contributed by atoms with van der Waals surface area (Å²) in [5, 5.41) is 0. The fraction of sp³-hybridized carbons (Fsp3) is 0.467. The molecule has 0 bridgehead atoms. The molecular weight excluding hydrogens is 313 g/mol. The van der Waals surface area contributed by atoms with E-state index in [1.54, 1.807) is 6.92 Å². The fourth-order valence-electron chi connectivity index (χ4n) is 2.32. The SMILES string of the molecule is CCOC(=O)N1CCN(C(=O)c2cccc(C(F)(F)F)c2)CC1. The molecule has 0 spiro atoms. The lowest BCUT2D eigenvalue weighted by atomic mass is 10.1. The minimum atomic E-state index is -4.49. The molecule has 2 rings (SSSR count). The monoisotopic (exact) mass is 330 g/mol. The Kier molecular flexibility index (Phi) is 5.12. The summed E-state index contributed by atoms with van der Waals surface area (Å²) in [6.07, 6.45) is -4.93. The van der Waals surface area contributed by atoms with Crippen LogP contribution >= 0.6 is 0 Å². The van der Waals surface area contributed by atoms with Gasteiger partial charge in [-0.3, -0.25) is 4.79 Å². The minimum Gasteiger partial charge on any atom is -0.450 e. The van der Waals surface area contributed by atoms with E-state index in [0.717, 1.165) is 12.1 Å². The summed E-state index contributed by atoms with van der Waals surface area (Å²) in [6.45, 7) is 3.07. The van der Waals surface area contributed by atoms with Crippen LogP contribution in [-0.2, 0) is 10.9 Å². The van der Waals surface area contributed by atoms with Gasteiger partial charge < -0.3 is 14.5 Å². The van der Waals surface area contributed by atoms with Crippen LogP contribution in [0.2, 0.25) is 0 Å². The number of benzene rings is 1. The first-order chi connectivity index (χ1) is 10.8. The van der Waals surface area contributed by atoms with Crippen LogP contribution in [0.3, 0.4) is 0 Å². The van der Waals surface area contributed by atoms with Gasteiger partial charge >= 0.3 is 12.3 Å². The van der Waals surface area contributed by atoms with Crippen LogP contribution in [0.4, 0.5) is 18.0 Å². The van der Waals surface area contributed by atoms with Crippen molar-refractivity contribution in [3.63, 3.8) is 0 Å². The molecule has 1 aromatic rings. The van der Waals surface area contributed by atoms with Gasteiger partial charge in [-0.05, 0) is 25.1 Å². The Hall–Kier alpha value is -2.25. The van der Waals surface area contributed by atoms with Gasteiger partial charge in [0.15, 0.2) is 0 Å². The van der Waals surface area contributed by atoms with Gasteiger partial charge in [-0.2, -0.15) is 13.2 Å². The first-order valence-electron chi connectivity index (χ1n) is 7.21. The highest BCUT2D eigenvalue weighted by Crippen LogP contribution is 2.29. The van der Waals surface area contributed by atoms with Crippen molar-refractivity contribution in [1.29, 1.82) is 0 Å². The molecule has 126 valence electrons. The van der Waals surface area contributed by atoms with E-state index in [-0.39, 0.29) is 25.3 Å². The molecule has 0 N–H and O–H groups in total. The highest BCUT2D eigenvalue weighted by molar-refractivity contribution is 5.94. The van der Waals surface area contributed by atoms with Gasteiger partial charge in [0.05, 0.1) is 12.2 Å². The molecule has 8 heteroatoms. The number of carbonyl (C=O) groups excluding carboxylic acids is 2. The van der Waals surface area contributed by atoms with Crippen molar-refractivity contribution in [2.75, 3.05) is 32.8 Å². The Morgan fingerprint density at radius 3 is 2.30 bits per heavy atom. The number of halogens is 3. The molecular formula is C15H17F3N2O3. The second-order valence-electron chi connectivity index (χ2n) is 5.06. The maximum Gasteiger partial charge on any atom is 0.416 e. The number of amides is 2. The van der Waals surface area contributed by atoms with Gasteiger partial charge in [-0.1, -0.05) is 6.07 Å². The molecule has 0 aromatic heterocycles. The van der Waals surface area contributed by atoms with E-state index in [9.17, 15) is 22.8 Å². The fourth-order valence-corrected chi connectivity index (χ4v) is 2.32. The highest BCUT2D eigenvalue weighted by atomic mass is 19.4. The van der Waals surface area contributed by atoms with Crippen molar-refractivity contribution in [3.05, 3.63) is 35.4 Å². The molecule has 1 aliphatic rings. The second-order valence-corrected chi connectivity index (χ2v) is 5.06. The van der Waals surface area contributed by atoms with Gasteiger partial charge in [-0.15, -0.1) is 0 Å². The Bertz CT molecular complexity index is 582. The number of ether oxygens (including phenoxy) is 1. The summed E-state index contributed by atoms with van der Waals surface area (Å²) in [4.78, 5) is 26.8. The van der Waals surface area contributed by atoms with Crippen molar-refractivity contribution < 1.29 is 27.5 Å². The molecule has 5 nitrogen and oxygen atoms in total. The number of nitrogens with zero attached hydrogens (tertiary/aromatic N) is 2. The van der Waals surface area contributed by atoms with E-state index in [4.69, 9.17) is 4.74 Å². The number of carbonyl (C=O) groups is 2. The summed E-state index contributed by atoms with van der Waals surface area (Å²) in [5.41, 5.74) is -0.863. The maximum absolute atomic E-state index is 12.7. The van der Waals surface area contributed by atoms with Crippen molar-refractivity contribution in [2.45, 2.75) is 13.1 Å². The zero-order valence-corrected chi connectivity index (χ0v) is 12.6. The Balaban J connectivity index is 2.02. The van der Waals surface area contributed by atoms with Gasteiger partial charge in [0.25, 0.3) is 5.91 Å². The van der Waals surface area contributed by atoms with E-state index >= 15 is 0 Å². The Labute approximate surface area is 131 Å². The van der Waals surface area contributed by atoms with Crippen LogP contribution in [0.1, 0.15) is 22.8 Å². The van der Waals surface area contributed by atoms with Gasteiger partial charge in [0.2, 0.25) is 0 Å².